The van der Waals surface area contributed by atoms with E-state index in [0.717, 1.165) is 128 Å². The van der Waals surface area contributed by atoms with Crippen molar-refractivity contribution in [1.82, 2.24) is 5.32 Å². The summed E-state index contributed by atoms with van der Waals surface area (Å²) in [6, 6.07) is -1.04. The first-order valence-corrected chi connectivity index (χ1v) is 34.3. The first kappa shape index (κ1) is 79.1. The number of esters is 1. The van der Waals surface area contributed by atoms with Crippen LogP contribution in [0.1, 0.15) is 271 Å². The highest BCUT2D eigenvalue weighted by atomic mass is 16.7. The van der Waals surface area contributed by atoms with E-state index in [-0.39, 0.29) is 19.4 Å². The molecule has 8 unspecified atom stereocenters. The van der Waals surface area contributed by atoms with Crippen LogP contribution in [0.3, 0.4) is 0 Å². The van der Waals surface area contributed by atoms with E-state index in [1.165, 1.54) is 96.3 Å². The van der Waals surface area contributed by atoms with Gasteiger partial charge in [0.25, 0.3) is 0 Å². The predicted molar refractivity (Wildman–Crippen MR) is 356 cm³/mol. The number of allylic oxidation sites excluding steroid dienone is 19. The summed E-state index contributed by atoms with van der Waals surface area (Å²) < 4.78 is 17.7. The second-order valence-corrected chi connectivity index (χ2v) is 23.2. The summed E-state index contributed by atoms with van der Waals surface area (Å²) >= 11 is 0. The van der Waals surface area contributed by atoms with Crippen molar-refractivity contribution in [3.63, 3.8) is 0 Å². The third-order valence-corrected chi connectivity index (χ3v) is 15.3. The maximum Gasteiger partial charge on any atom is 0.306 e. The van der Waals surface area contributed by atoms with E-state index in [1.807, 2.05) is 6.08 Å². The first-order chi connectivity index (χ1) is 41.7. The quantitative estimate of drug-likeness (QED) is 0.0195. The predicted octanol–water partition coefficient (Wildman–Crippen LogP) is 17.4. The van der Waals surface area contributed by atoms with Crippen molar-refractivity contribution in [2.45, 2.75) is 320 Å². The van der Waals surface area contributed by atoms with Crippen molar-refractivity contribution in [2.24, 2.45) is 0 Å². The van der Waals surface area contributed by atoms with Gasteiger partial charge in [-0.15, -0.1) is 0 Å². The van der Waals surface area contributed by atoms with Crippen LogP contribution >= 0.6 is 0 Å². The van der Waals surface area contributed by atoms with E-state index >= 15 is 0 Å². The fraction of sp³-hybridized carbons (Fsp3) is 0.703. The lowest BCUT2D eigenvalue weighted by atomic mass is 9.99. The Kier molecular flexibility index (Phi) is 56.1. The van der Waals surface area contributed by atoms with Gasteiger partial charge in [0, 0.05) is 6.42 Å². The topological polar surface area (TPSA) is 175 Å². The molecule has 8 atom stereocenters. The van der Waals surface area contributed by atoms with Gasteiger partial charge in [0.05, 0.1) is 25.4 Å². The van der Waals surface area contributed by atoms with Gasteiger partial charge in [-0.1, -0.05) is 271 Å². The third kappa shape index (κ3) is 47.8. The summed E-state index contributed by atoms with van der Waals surface area (Å²) in [5.74, 6) is -1.23. The molecule has 1 amide bonds. The van der Waals surface area contributed by atoms with Gasteiger partial charge in [-0.05, 0) is 116 Å². The number of hydrogen-bond acceptors (Lipinski definition) is 10. The number of aliphatic hydroxyl groups is 5. The molecule has 6 N–H and O–H groups in total. The largest absolute Gasteiger partial charge is 0.454 e. The number of carbonyl (C=O) groups excluding carboxylic acids is 2. The Morgan fingerprint density at radius 1 is 0.471 bits per heavy atom. The molecule has 85 heavy (non-hydrogen) atoms. The van der Waals surface area contributed by atoms with Gasteiger partial charge in [-0.3, -0.25) is 9.59 Å². The van der Waals surface area contributed by atoms with Crippen molar-refractivity contribution in [3.05, 3.63) is 122 Å². The van der Waals surface area contributed by atoms with E-state index in [1.54, 1.807) is 6.08 Å². The number of rotatable bonds is 57. The summed E-state index contributed by atoms with van der Waals surface area (Å²) in [7, 11) is 0. The second kappa shape index (κ2) is 60.3. The van der Waals surface area contributed by atoms with Crippen LogP contribution in [0.2, 0.25) is 0 Å². The second-order valence-electron chi connectivity index (χ2n) is 23.2. The summed E-state index contributed by atoms with van der Waals surface area (Å²) in [5.41, 5.74) is 0. The molecule has 11 heteroatoms. The molecule has 1 aliphatic rings. The van der Waals surface area contributed by atoms with Gasteiger partial charge >= 0.3 is 5.97 Å². The zero-order valence-electron chi connectivity index (χ0n) is 53.9. The molecule has 0 bridgehead atoms. The highest BCUT2D eigenvalue weighted by Gasteiger charge is 2.47. The molecule has 0 aromatic rings. The number of hydrogen-bond donors (Lipinski definition) is 6. The van der Waals surface area contributed by atoms with Crippen LogP contribution in [-0.2, 0) is 23.8 Å². The van der Waals surface area contributed by atoms with Gasteiger partial charge in [-0.25, -0.2) is 0 Å². The fourth-order valence-electron chi connectivity index (χ4n) is 9.96. The molecular formula is C74H125NO10. The minimum absolute atomic E-state index is 0.0862. The van der Waals surface area contributed by atoms with Crippen LogP contribution in [0, 0.1) is 0 Å². The Morgan fingerprint density at radius 3 is 1.29 bits per heavy atom. The molecule has 0 aromatic carbocycles. The summed E-state index contributed by atoms with van der Waals surface area (Å²) in [4.78, 5) is 26.7. The summed E-state index contributed by atoms with van der Waals surface area (Å²) in [6.45, 7) is 5.64. The van der Waals surface area contributed by atoms with E-state index < -0.39 is 67.4 Å². The minimum Gasteiger partial charge on any atom is -0.454 e. The molecule has 1 fully saturated rings. The smallest absolute Gasteiger partial charge is 0.306 e. The van der Waals surface area contributed by atoms with Crippen molar-refractivity contribution in [3.8, 4) is 0 Å². The van der Waals surface area contributed by atoms with Gasteiger partial charge in [0.15, 0.2) is 12.4 Å². The number of unbranched alkanes of at least 4 members (excludes halogenated alkanes) is 25. The maximum absolute atomic E-state index is 13.5. The number of ether oxygens (including phenoxy) is 3. The Balaban J connectivity index is 2.66. The van der Waals surface area contributed by atoms with E-state index in [0.29, 0.717) is 12.8 Å². The highest BCUT2D eigenvalue weighted by Crippen LogP contribution is 2.26. The molecule has 0 saturated carbocycles. The standard InChI is InChI=1S/C74H125NO10/c1-4-7-10-13-16-19-22-25-27-29-31-33-34-35-37-39-41-44-47-50-53-56-59-62-69(79)85-72-71(81)70(80)68(63-76)84-74(72)83-64-65(66(77)60-57-54-51-48-45-42-24-21-18-15-12-9-6-3)75-73(82)67(78)61-58-55-52-49-46-43-40-38-36-32-30-28-26-23-20-17-14-11-8-5-2/h7,10,16-17,19-20,25-28,31-33,35-37,41,44,57,60,65-68,70-72,74,76-78,80-81H,4-6,8-9,11-15,18,21-24,29-30,34,38-40,42-43,45-56,58-59,61-64H2,1-3H3,(H,75,82)/b10-7-,19-16-,20-17-,27-25-,28-26-,33-31-,36-32-,37-35-,44-41-,60-57+. The van der Waals surface area contributed by atoms with Crippen molar-refractivity contribution < 1.29 is 49.3 Å². The van der Waals surface area contributed by atoms with Crippen molar-refractivity contribution >= 4 is 11.9 Å². The molecule has 1 rings (SSSR count). The molecule has 1 heterocycles. The molecule has 486 valence electrons. The zero-order chi connectivity index (χ0) is 61.7. The average molecular weight is 1190 g/mol. The lowest BCUT2D eigenvalue weighted by Gasteiger charge is -2.41. The Bertz CT molecular complexity index is 1850. The highest BCUT2D eigenvalue weighted by molar-refractivity contribution is 5.80. The van der Waals surface area contributed by atoms with Crippen LogP contribution in [0.25, 0.3) is 0 Å². The van der Waals surface area contributed by atoms with Crippen LogP contribution in [-0.4, -0.2) is 99.6 Å². The van der Waals surface area contributed by atoms with Gasteiger partial charge in [-0.2, -0.15) is 0 Å². The number of aliphatic hydroxyl groups excluding tert-OH is 5. The van der Waals surface area contributed by atoms with Crippen molar-refractivity contribution in [1.29, 1.82) is 0 Å². The zero-order valence-corrected chi connectivity index (χ0v) is 53.9. The fourth-order valence-corrected chi connectivity index (χ4v) is 9.96. The number of nitrogens with one attached hydrogen (secondary N) is 1. The third-order valence-electron chi connectivity index (χ3n) is 15.3. The van der Waals surface area contributed by atoms with Gasteiger partial charge in [0.2, 0.25) is 5.91 Å². The van der Waals surface area contributed by atoms with E-state index in [2.05, 4.69) is 135 Å². The van der Waals surface area contributed by atoms with Crippen LogP contribution in [0.4, 0.5) is 0 Å². The van der Waals surface area contributed by atoms with Gasteiger partial charge in [0.1, 0.15) is 24.4 Å². The molecule has 0 aromatic heterocycles. The molecule has 0 aliphatic carbocycles. The first-order valence-electron chi connectivity index (χ1n) is 34.3. The Hall–Kier alpha value is -3.94. The maximum atomic E-state index is 13.5. The monoisotopic (exact) mass is 1190 g/mol. The Morgan fingerprint density at radius 2 is 0.847 bits per heavy atom. The lowest BCUT2D eigenvalue weighted by molar-refractivity contribution is -0.305. The summed E-state index contributed by atoms with van der Waals surface area (Å²) in [6.07, 6.45) is 73.6. The number of carbonyl (C=O) groups is 2. The van der Waals surface area contributed by atoms with Crippen LogP contribution < -0.4 is 5.32 Å². The molecular weight excluding hydrogens is 1060 g/mol. The molecule has 1 aliphatic heterocycles. The molecule has 1 saturated heterocycles. The molecule has 11 nitrogen and oxygen atoms in total. The van der Waals surface area contributed by atoms with Gasteiger partial charge < -0.3 is 45.1 Å². The minimum atomic E-state index is -1.64. The normalized spacial score (nSPS) is 19.2. The number of amides is 1. The Labute approximate surface area is 519 Å². The SMILES string of the molecule is CC/C=C\C/C=C\C/C=C\C/C=C\C/C=C\C/C=C\CCCCCCC(=O)OC1C(OCC(NC(=O)C(O)CCCCCCCCC/C=C\C/C=C\C/C=C\CCCCC)C(O)/C=C/CCCCCCCCCCCCC)OC(CO)C(O)C1O. The van der Waals surface area contributed by atoms with Crippen molar-refractivity contribution in [2.75, 3.05) is 13.2 Å². The molecule has 0 spiro atoms. The summed E-state index contributed by atoms with van der Waals surface area (Å²) in [5, 5.41) is 57.2. The van der Waals surface area contributed by atoms with Crippen LogP contribution in [0.15, 0.2) is 122 Å². The van der Waals surface area contributed by atoms with E-state index in [9.17, 15) is 35.1 Å². The van der Waals surface area contributed by atoms with Crippen LogP contribution in [0.5, 0.6) is 0 Å². The lowest BCUT2D eigenvalue weighted by Crippen LogP contribution is -2.61. The van der Waals surface area contributed by atoms with E-state index in [4.69, 9.17) is 14.2 Å². The molecule has 0 radical (unpaired) electrons. The average Bonchev–Trinajstić information content (AvgIpc) is 2.49.